The number of carbonyl (C=O) groups is 2. The minimum Gasteiger partial charge on any atom is -0.446 e. The minimum atomic E-state index is -5.23. The smallest absolute Gasteiger partial charge is 0.431 e. The number of hydrogen-bond acceptors (Lipinski definition) is 16. The molecule has 1 saturated carbocycles. The summed E-state index contributed by atoms with van der Waals surface area (Å²) in [6.07, 6.45) is -10.7. The van der Waals surface area contributed by atoms with Crippen molar-refractivity contribution in [3.63, 3.8) is 0 Å². The van der Waals surface area contributed by atoms with Gasteiger partial charge in [-0.2, -0.15) is 44.5 Å². The first kappa shape index (κ1) is 72.2. The van der Waals surface area contributed by atoms with Crippen molar-refractivity contribution in [1.82, 2.24) is 20.1 Å². The summed E-state index contributed by atoms with van der Waals surface area (Å²) in [6, 6.07) is 5.93. The minimum absolute atomic E-state index is 0.0142. The van der Waals surface area contributed by atoms with E-state index < -0.39 is 149 Å². The van der Waals surface area contributed by atoms with E-state index in [1.165, 1.54) is 37.4 Å². The molecule has 5 rings (SSSR count). The highest BCUT2D eigenvalue weighted by atomic mass is 35.5. The van der Waals surface area contributed by atoms with E-state index in [0.29, 0.717) is 15.1 Å². The number of benzene rings is 2. The number of aromatic nitrogens is 3. The number of allylic oxidation sites excluding steroid dienone is 2. The maximum absolute atomic E-state index is 15.3. The van der Waals surface area contributed by atoms with Crippen LogP contribution in [0.3, 0.4) is 0 Å². The average molecular weight is 1280 g/mol. The summed E-state index contributed by atoms with van der Waals surface area (Å²) in [7, 11) is -7.73. The van der Waals surface area contributed by atoms with Crippen molar-refractivity contribution in [1.29, 1.82) is 0 Å². The molecule has 2 heterocycles. The fourth-order valence-electron chi connectivity index (χ4n) is 7.40. The molecular formula is C50H65ClF10N7O12PS2. The average Bonchev–Trinajstić information content (AvgIpc) is 2.00. The second-order valence-electron chi connectivity index (χ2n) is 18.8. The monoisotopic (exact) mass is 1280 g/mol. The van der Waals surface area contributed by atoms with E-state index in [2.05, 4.69) is 24.9 Å². The third-order valence-corrected chi connectivity index (χ3v) is 15.4. The van der Waals surface area contributed by atoms with Crippen LogP contribution in [0.4, 0.5) is 54.5 Å². The molecule has 1 aliphatic rings. The molecule has 466 valence electrons. The summed E-state index contributed by atoms with van der Waals surface area (Å²) in [4.78, 5) is 52.8. The Bertz CT molecular complexity index is 3040. The van der Waals surface area contributed by atoms with E-state index >= 15 is 8.78 Å². The lowest BCUT2D eigenvalue weighted by molar-refractivity contribution is -0.141. The number of carbonyl (C=O) groups excluding carboxylic acids is 2. The van der Waals surface area contributed by atoms with Crippen LogP contribution in [-0.4, -0.2) is 150 Å². The highest BCUT2D eigenvalue weighted by Gasteiger charge is 2.53. The van der Waals surface area contributed by atoms with Crippen molar-refractivity contribution in [3.8, 4) is 11.1 Å². The Morgan fingerprint density at radius 1 is 0.940 bits per heavy atom. The molecule has 0 bridgehead atoms. The number of amides is 2. The first-order chi connectivity index (χ1) is 38.4. The molecule has 19 nitrogen and oxygen atoms in total. The van der Waals surface area contributed by atoms with Gasteiger partial charge in [-0.15, -0.1) is 0 Å². The van der Waals surface area contributed by atoms with Crippen molar-refractivity contribution >= 4 is 75.5 Å². The zero-order chi connectivity index (χ0) is 63.0. The Labute approximate surface area is 481 Å². The van der Waals surface area contributed by atoms with E-state index in [1.54, 1.807) is 20.8 Å². The number of fused-ring (bicyclic) bond motifs is 1. The standard InChI is InChI=1S/C43H47ClF10N7O10PS.C5H12O2S.C2H6/c1-23-16-30(37(55)43(52,53)54)38(42(23,50)51)56-21-33(62)58-32(19-25-17-26(45)20-27(46)18-25)35-28(5-4-24(2)57-35)29-6-7-31(44)34-36(29)60(22-41(47,48)49)59-39(34)61(73(3)66)40(63)70-14-12-68-10-8-67-9-11-69-13-15-71-72(64)65;1-5(2,3)8(4,6)7;1-2/h4-7,17-18,20,23,32,64-65H,8-16,19,21-22,55H2,1-3H3,(H,58,62);1-4H3;1-2H3/b37-30-,56-38?;;/t23-,32?,73?;;/m1../s1. The molecule has 4 aromatic rings. The maximum atomic E-state index is 15.3. The van der Waals surface area contributed by atoms with Crippen molar-refractivity contribution in [2.75, 3.05) is 76.2 Å². The topological polar surface area (TPSA) is 256 Å². The maximum Gasteiger partial charge on any atom is 0.431 e. The van der Waals surface area contributed by atoms with Crippen molar-refractivity contribution in [3.05, 3.63) is 87.3 Å². The van der Waals surface area contributed by atoms with E-state index in [9.17, 15) is 57.3 Å². The molecule has 2 aromatic carbocycles. The Balaban J connectivity index is 0.00000166. The normalized spacial score (nSPS) is 16.5. The molecule has 1 aliphatic carbocycles. The number of nitrogens with one attached hydrogen (secondary N) is 1. The number of sulfone groups is 1. The Morgan fingerprint density at radius 3 is 1.98 bits per heavy atom. The van der Waals surface area contributed by atoms with Gasteiger partial charge in [0.1, 0.15) is 53.7 Å². The lowest BCUT2D eigenvalue weighted by Crippen LogP contribution is -2.35. The number of aliphatic imine (C=N–C) groups is 1. The van der Waals surface area contributed by atoms with Crippen molar-refractivity contribution in [2.45, 2.75) is 96.9 Å². The van der Waals surface area contributed by atoms with Gasteiger partial charge in [-0.3, -0.25) is 19.5 Å². The molecule has 2 amide bonds. The predicted molar refractivity (Wildman–Crippen MR) is 292 cm³/mol. The third kappa shape index (κ3) is 21.4. The van der Waals surface area contributed by atoms with Gasteiger partial charge in [-0.1, -0.05) is 44.5 Å². The molecule has 0 radical (unpaired) electrons. The number of nitrogens with two attached hydrogens (primary N) is 1. The molecular weight excluding hydrogens is 1210 g/mol. The Morgan fingerprint density at radius 2 is 1.47 bits per heavy atom. The molecule has 33 heteroatoms. The predicted octanol–water partition coefficient (Wildman–Crippen LogP) is 9.56. The van der Waals surface area contributed by atoms with Gasteiger partial charge in [0.25, 0.3) is 5.92 Å². The number of pyridine rings is 1. The molecule has 3 atom stereocenters. The number of nitrogens with zero attached hydrogens (tertiary/aromatic N) is 5. The highest BCUT2D eigenvalue weighted by Crippen LogP contribution is 2.45. The third-order valence-electron chi connectivity index (χ3n) is 11.6. The molecule has 0 aliphatic heterocycles. The van der Waals surface area contributed by atoms with Gasteiger partial charge < -0.3 is 44.3 Å². The largest absolute Gasteiger partial charge is 0.446 e. The van der Waals surface area contributed by atoms with Gasteiger partial charge in [0.05, 0.1) is 78.7 Å². The van der Waals surface area contributed by atoms with Crippen LogP contribution in [-0.2, 0) is 62.1 Å². The number of aryl methyl sites for hydroxylation is 1. The highest BCUT2D eigenvalue weighted by molar-refractivity contribution is 7.92. The first-order valence-electron chi connectivity index (χ1n) is 25.0. The van der Waals surface area contributed by atoms with Crippen LogP contribution in [0.1, 0.15) is 71.0 Å². The van der Waals surface area contributed by atoms with Crippen LogP contribution in [0.5, 0.6) is 0 Å². The summed E-state index contributed by atoms with van der Waals surface area (Å²) in [5.74, 6) is -9.67. The van der Waals surface area contributed by atoms with Gasteiger partial charge in [0.15, 0.2) is 15.7 Å². The number of alkyl halides is 8. The SMILES string of the molecule is CC.CC(C)(C)S(C)(=O)=O.Cc1ccc(-c2ccc(Cl)c3c(N(C(=O)OCCOCCOCCOCCOP(O)O)S(C)=O)nn(CC(F)(F)F)c23)c(C(Cc2cc(F)cc(F)c2)NC(=O)CN=C2/C(=C(\N)C(F)(F)F)C[C@@H](C)C2(F)F)n1. The number of ether oxygens (including phenoxy) is 4. The number of hydrogen-bond donors (Lipinski definition) is 4. The lowest BCUT2D eigenvalue weighted by Gasteiger charge is -2.23. The van der Waals surface area contributed by atoms with Gasteiger partial charge in [-0.05, 0) is 70.4 Å². The molecule has 0 saturated heterocycles. The summed E-state index contributed by atoms with van der Waals surface area (Å²) in [6.45, 7) is 8.16. The molecule has 5 N–H and O–H groups in total. The van der Waals surface area contributed by atoms with Crippen LogP contribution in [0.15, 0.2) is 58.7 Å². The van der Waals surface area contributed by atoms with E-state index in [-0.39, 0.29) is 84.7 Å². The van der Waals surface area contributed by atoms with E-state index in [4.69, 9.17) is 46.1 Å². The zero-order valence-electron chi connectivity index (χ0n) is 46.4. The fraction of sp³-hybridized carbons (Fsp3) is 0.540. The number of rotatable bonds is 23. The van der Waals surface area contributed by atoms with Gasteiger partial charge >= 0.3 is 27.0 Å². The number of halogens is 11. The van der Waals surface area contributed by atoms with Crippen molar-refractivity contribution in [2.24, 2.45) is 16.6 Å². The molecule has 0 spiro atoms. The first-order valence-corrected chi connectivity index (χ1v) is 29.9. The Kier molecular flexibility index (Phi) is 27.2. The van der Waals surface area contributed by atoms with Crippen LogP contribution >= 0.6 is 20.2 Å². The lowest BCUT2D eigenvalue weighted by atomic mass is 9.93. The Hall–Kier alpha value is -5.11. The van der Waals surface area contributed by atoms with Gasteiger partial charge in [0, 0.05) is 46.9 Å². The van der Waals surface area contributed by atoms with Crippen LogP contribution in [0, 0.1) is 24.5 Å². The van der Waals surface area contributed by atoms with E-state index in [1.807, 2.05) is 13.8 Å². The molecule has 2 aromatic heterocycles. The summed E-state index contributed by atoms with van der Waals surface area (Å²) in [5.41, 5.74) is 0.159. The molecule has 1 fully saturated rings. The second kappa shape index (κ2) is 31.3. The number of anilines is 1. The van der Waals surface area contributed by atoms with Crippen LogP contribution < -0.4 is 15.4 Å². The molecule has 2 unspecified atom stereocenters. The quantitative estimate of drug-likeness (QED) is 0.0306. The zero-order valence-corrected chi connectivity index (χ0v) is 49.7. The fourth-order valence-corrected chi connectivity index (χ4v) is 8.51. The second-order valence-corrected chi connectivity index (χ2v) is 24.0. The summed E-state index contributed by atoms with van der Waals surface area (Å²) < 4.78 is 204. The molecule has 83 heavy (non-hydrogen) atoms. The summed E-state index contributed by atoms with van der Waals surface area (Å²) in [5, 5.41) is 5.84. The van der Waals surface area contributed by atoms with Crippen molar-refractivity contribution < 1.29 is 99.4 Å². The summed E-state index contributed by atoms with van der Waals surface area (Å²) >= 11 is 6.65. The van der Waals surface area contributed by atoms with Crippen LogP contribution in [0.25, 0.3) is 22.0 Å². The van der Waals surface area contributed by atoms with Gasteiger partial charge in [-0.25, -0.2) is 26.2 Å². The van der Waals surface area contributed by atoms with Gasteiger partial charge in [0.2, 0.25) is 5.91 Å². The van der Waals surface area contributed by atoms with E-state index in [0.717, 1.165) is 25.3 Å². The van der Waals surface area contributed by atoms with Crippen LogP contribution in [0.2, 0.25) is 5.02 Å².